The first kappa shape index (κ1) is 22.2. The van der Waals surface area contributed by atoms with E-state index >= 15 is 0 Å². The third-order valence-corrected chi connectivity index (χ3v) is 6.05. The minimum Gasteiger partial charge on any atom is -0.497 e. The number of nitrogens with zero attached hydrogens (tertiary/aromatic N) is 3. The molecule has 1 N–H and O–H groups in total. The number of amides is 1. The number of rotatable bonds is 5. The highest BCUT2D eigenvalue weighted by atomic mass is 16.6. The second-order valence-corrected chi connectivity index (χ2v) is 7.69. The van der Waals surface area contributed by atoms with Crippen LogP contribution in [0.2, 0.25) is 0 Å². The molecule has 1 aromatic carbocycles. The maximum atomic E-state index is 11.9. The van der Waals surface area contributed by atoms with Crippen LogP contribution in [0.25, 0.3) is 0 Å². The number of nitrogens with one attached hydrogen (secondary N) is 1. The monoisotopic (exact) mass is 418 g/mol. The van der Waals surface area contributed by atoms with Crippen molar-refractivity contribution in [2.24, 2.45) is 4.99 Å². The molecular formula is C22H34N4O4. The summed E-state index contributed by atoms with van der Waals surface area (Å²) < 4.78 is 16.1. The van der Waals surface area contributed by atoms with E-state index in [1.54, 1.807) is 12.0 Å². The predicted molar refractivity (Wildman–Crippen MR) is 116 cm³/mol. The third kappa shape index (κ3) is 5.16. The topological polar surface area (TPSA) is 75.6 Å². The first-order chi connectivity index (χ1) is 14.6. The van der Waals surface area contributed by atoms with Crippen LogP contribution in [0.3, 0.4) is 0 Å². The molecule has 1 amide bonds. The van der Waals surface area contributed by atoms with Gasteiger partial charge in [-0.3, -0.25) is 4.99 Å². The fourth-order valence-corrected chi connectivity index (χ4v) is 4.17. The van der Waals surface area contributed by atoms with Gasteiger partial charge in [0.05, 0.1) is 13.7 Å². The van der Waals surface area contributed by atoms with Crippen LogP contribution in [-0.2, 0) is 14.9 Å². The van der Waals surface area contributed by atoms with Gasteiger partial charge in [-0.2, -0.15) is 0 Å². The standard InChI is InChI=1S/C22H34N4O4/c1-4-30-21(27)26-13-11-25(12-14-26)20(23-2)24-17-22(9-15-29-16-10-22)18-5-7-19(28-3)8-6-18/h5-8H,4,9-17H2,1-3H3,(H,23,24). The quantitative estimate of drug-likeness (QED) is 0.583. The van der Waals surface area contributed by atoms with Crippen LogP contribution < -0.4 is 10.1 Å². The molecule has 2 aliphatic heterocycles. The van der Waals surface area contributed by atoms with Gasteiger partial charge < -0.3 is 29.3 Å². The van der Waals surface area contributed by atoms with Crippen LogP contribution in [0, 0.1) is 0 Å². The Bertz CT molecular complexity index is 708. The highest BCUT2D eigenvalue weighted by molar-refractivity contribution is 5.80. The summed E-state index contributed by atoms with van der Waals surface area (Å²) in [6, 6.07) is 8.37. The zero-order valence-electron chi connectivity index (χ0n) is 18.4. The summed E-state index contributed by atoms with van der Waals surface area (Å²) in [6.07, 6.45) is 1.68. The summed E-state index contributed by atoms with van der Waals surface area (Å²) in [5.74, 6) is 1.74. The lowest BCUT2D eigenvalue weighted by Gasteiger charge is -2.40. The number of aliphatic imine (C=N–C) groups is 1. The van der Waals surface area contributed by atoms with Gasteiger partial charge in [-0.15, -0.1) is 0 Å². The highest BCUT2D eigenvalue weighted by Gasteiger charge is 2.35. The van der Waals surface area contributed by atoms with Crippen molar-refractivity contribution >= 4 is 12.1 Å². The van der Waals surface area contributed by atoms with Gasteiger partial charge in [0.1, 0.15) is 5.75 Å². The van der Waals surface area contributed by atoms with Crippen LogP contribution in [-0.4, -0.2) is 88.6 Å². The number of ether oxygens (including phenoxy) is 3. The summed E-state index contributed by atoms with van der Waals surface area (Å²) in [5, 5.41) is 3.60. The molecule has 2 heterocycles. The highest BCUT2D eigenvalue weighted by Crippen LogP contribution is 2.35. The minimum absolute atomic E-state index is 0.00673. The molecule has 166 valence electrons. The molecule has 2 fully saturated rings. The molecule has 8 nitrogen and oxygen atoms in total. The lowest BCUT2D eigenvalue weighted by atomic mass is 9.74. The average Bonchev–Trinajstić information content (AvgIpc) is 2.80. The van der Waals surface area contributed by atoms with Crippen molar-refractivity contribution in [3.8, 4) is 5.75 Å². The Hall–Kier alpha value is -2.48. The fourth-order valence-electron chi connectivity index (χ4n) is 4.17. The molecule has 0 bridgehead atoms. The SMILES string of the molecule is CCOC(=O)N1CCN(C(=NC)NCC2(c3ccc(OC)cc3)CCOCC2)CC1. The van der Waals surface area contributed by atoms with Gasteiger partial charge in [0.15, 0.2) is 5.96 Å². The van der Waals surface area contributed by atoms with E-state index in [4.69, 9.17) is 14.2 Å². The van der Waals surface area contributed by atoms with E-state index in [0.717, 1.165) is 57.4 Å². The van der Waals surface area contributed by atoms with E-state index in [0.29, 0.717) is 19.7 Å². The number of carbonyl (C=O) groups is 1. The predicted octanol–water partition coefficient (Wildman–Crippen LogP) is 2.09. The van der Waals surface area contributed by atoms with E-state index in [9.17, 15) is 4.79 Å². The Morgan fingerprint density at radius 1 is 1.13 bits per heavy atom. The summed E-state index contributed by atoms with van der Waals surface area (Å²) in [5.41, 5.74) is 1.29. The zero-order chi connectivity index (χ0) is 21.4. The number of hydrogen-bond donors (Lipinski definition) is 1. The molecular weight excluding hydrogens is 384 g/mol. The Morgan fingerprint density at radius 3 is 2.33 bits per heavy atom. The first-order valence-corrected chi connectivity index (χ1v) is 10.7. The Labute approximate surface area is 179 Å². The van der Waals surface area contributed by atoms with Gasteiger partial charge in [-0.25, -0.2) is 4.79 Å². The van der Waals surface area contributed by atoms with E-state index < -0.39 is 0 Å². The molecule has 2 aliphatic rings. The van der Waals surface area contributed by atoms with E-state index in [1.165, 1.54) is 5.56 Å². The number of guanidine groups is 1. The van der Waals surface area contributed by atoms with Crippen molar-refractivity contribution in [1.29, 1.82) is 0 Å². The summed E-state index contributed by atoms with van der Waals surface area (Å²) in [4.78, 5) is 20.4. The van der Waals surface area contributed by atoms with Crippen LogP contribution in [0.1, 0.15) is 25.3 Å². The van der Waals surface area contributed by atoms with E-state index in [-0.39, 0.29) is 11.5 Å². The molecule has 0 radical (unpaired) electrons. The smallest absolute Gasteiger partial charge is 0.409 e. The Balaban J connectivity index is 1.63. The fraction of sp³-hybridized carbons (Fsp3) is 0.636. The van der Waals surface area contributed by atoms with E-state index in [1.807, 2.05) is 26.1 Å². The third-order valence-electron chi connectivity index (χ3n) is 6.05. The van der Waals surface area contributed by atoms with Gasteiger partial charge in [0, 0.05) is 58.4 Å². The summed E-state index contributed by atoms with van der Waals surface area (Å²) >= 11 is 0. The molecule has 2 saturated heterocycles. The molecule has 0 aliphatic carbocycles. The lowest BCUT2D eigenvalue weighted by Crippen LogP contribution is -2.55. The first-order valence-electron chi connectivity index (χ1n) is 10.7. The van der Waals surface area contributed by atoms with Gasteiger partial charge in [0.2, 0.25) is 0 Å². The number of hydrogen-bond acceptors (Lipinski definition) is 5. The minimum atomic E-state index is -0.235. The maximum absolute atomic E-state index is 11.9. The molecule has 0 saturated carbocycles. The number of carbonyl (C=O) groups excluding carboxylic acids is 1. The van der Waals surface area contributed by atoms with Crippen molar-refractivity contribution in [2.75, 3.05) is 66.7 Å². The number of benzene rings is 1. The van der Waals surface area contributed by atoms with Crippen LogP contribution >= 0.6 is 0 Å². The van der Waals surface area contributed by atoms with Gasteiger partial charge in [-0.1, -0.05) is 12.1 Å². The maximum Gasteiger partial charge on any atom is 0.409 e. The number of methoxy groups -OCH3 is 1. The molecule has 0 aromatic heterocycles. The van der Waals surface area contributed by atoms with Crippen molar-refractivity contribution < 1.29 is 19.0 Å². The molecule has 0 spiro atoms. The van der Waals surface area contributed by atoms with E-state index in [2.05, 4.69) is 27.3 Å². The van der Waals surface area contributed by atoms with Crippen LogP contribution in [0.5, 0.6) is 5.75 Å². The molecule has 0 unspecified atom stereocenters. The lowest BCUT2D eigenvalue weighted by molar-refractivity contribution is 0.0510. The largest absolute Gasteiger partial charge is 0.497 e. The second-order valence-electron chi connectivity index (χ2n) is 7.69. The second kappa shape index (κ2) is 10.5. The van der Waals surface area contributed by atoms with Crippen molar-refractivity contribution in [3.63, 3.8) is 0 Å². The van der Waals surface area contributed by atoms with Crippen LogP contribution in [0.4, 0.5) is 4.79 Å². The van der Waals surface area contributed by atoms with Gasteiger partial charge >= 0.3 is 6.09 Å². The van der Waals surface area contributed by atoms with Gasteiger partial charge in [0.25, 0.3) is 0 Å². The summed E-state index contributed by atoms with van der Waals surface area (Å²) in [7, 11) is 3.50. The van der Waals surface area contributed by atoms with Crippen molar-refractivity contribution in [1.82, 2.24) is 15.1 Å². The zero-order valence-corrected chi connectivity index (χ0v) is 18.4. The Morgan fingerprint density at radius 2 is 1.77 bits per heavy atom. The number of piperazine rings is 1. The average molecular weight is 419 g/mol. The van der Waals surface area contributed by atoms with Gasteiger partial charge in [-0.05, 0) is 37.5 Å². The van der Waals surface area contributed by atoms with Crippen molar-refractivity contribution in [3.05, 3.63) is 29.8 Å². The molecule has 8 heteroatoms. The van der Waals surface area contributed by atoms with Crippen LogP contribution in [0.15, 0.2) is 29.3 Å². The normalized spacial score (nSPS) is 19.4. The molecule has 30 heavy (non-hydrogen) atoms. The molecule has 1 aromatic rings. The summed E-state index contributed by atoms with van der Waals surface area (Å²) in [6.45, 7) is 7.26. The van der Waals surface area contributed by atoms with Crippen molar-refractivity contribution in [2.45, 2.75) is 25.2 Å². The molecule has 0 atom stereocenters. The molecule has 3 rings (SSSR count). The Kier molecular flexibility index (Phi) is 7.79.